The summed E-state index contributed by atoms with van der Waals surface area (Å²) in [6, 6.07) is 20.6. The van der Waals surface area contributed by atoms with Crippen LogP contribution in [0.15, 0.2) is 71.8 Å². The van der Waals surface area contributed by atoms with Gasteiger partial charge in [0.2, 0.25) is 0 Å². The van der Waals surface area contributed by atoms with Crippen molar-refractivity contribution in [3.05, 3.63) is 77.4 Å². The van der Waals surface area contributed by atoms with E-state index in [-0.39, 0.29) is 0 Å². The molecule has 3 N–H and O–H groups in total. The van der Waals surface area contributed by atoms with Crippen molar-refractivity contribution in [2.45, 2.75) is 17.7 Å². The number of halogens is 1. The molecule has 1 saturated heterocycles. The molecule has 0 saturated carbocycles. The highest BCUT2D eigenvalue weighted by atomic mass is 35.5. The van der Waals surface area contributed by atoms with Gasteiger partial charge in [0.05, 0.1) is 0 Å². The number of fused-ring (bicyclic) bond motifs is 1. The van der Waals surface area contributed by atoms with Gasteiger partial charge in [0.25, 0.3) is 0 Å². The zero-order chi connectivity index (χ0) is 24.0. The largest absolute Gasteiger partial charge is 0.361 e. The summed E-state index contributed by atoms with van der Waals surface area (Å²) in [6.07, 6.45) is 4.16. The summed E-state index contributed by atoms with van der Waals surface area (Å²) in [5, 5.41) is 5.44. The molecule has 8 heteroatoms. The summed E-state index contributed by atoms with van der Waals surface area (Å²) >= 11 is 7.83. The van der Waals surface area contributed by atoms with E-state index in [2.05, 4.69) is 74.5 Å². The standard InChI is InChI=1S/C27H31ClN6S/c1-33-14-16-34(17-15-33)27-6-2-5-26(32-27)31-22-8-10-23(11-9-22)35-30-13-3-4-20-19-29-25-12-7-21(28)18-24(20)25/h2,5-12,18-19,29-30H,3-4,13-17H2,1H3,(H,31,32). The SMILES string of the molecule is CN1CCN(c2cccc(Nc3ccc(SNCCCc4c[nH]c5ccc(Cl)cc45)cc3)n2)CC1. The number of aryl methyl sites for hydroxylation is 1. The molecule has 5 rings (SSSR count). The number of likely N-dealkylation sites (N-methyl/N-ethyl adjacent to an activating group) is 1. The lowest BCUT2D eigenvalue weighted by Crippen LogP contribution is -2.44. The van der Waals surface area contributed by atoms with E-state index in [1.165, 1.54) is 15.8 Å². The average Bonchev–Trinajstić information content (AvgIpc) is 3.27. The Labute approximate surface area is 216 Å². The lowest BCUT2D eigenvalue weighted by Gasteiger charge is -2.33. The molecule has 3 heterocycles. The van der Waals surface area contributed by atoms with E-state index in [0.29, 0.717) is 0 Å². The van der Waals surface area contributed by atoms with Crippen LogP contribution in [0.4, 0.5) is 17.3 Å². The van der Waals surface area contributed by atoms with Crippen molar-refractivity contribution in [3.8, 4) is 0 Å². The minimum absolute atomic E-state index is 0.781. The first kappa shape index (κ1) is 24.0. The van der Waals surface area contributed by atoms with E-state index in [0.717, 1.165) is 73.4 Å². The molecule has 1 aliphatic rings. The third-order valence-corrected chi connectivity index (χ3v) is 7.42. The summed E-state index contributed by atoms with van der Waals surface area (Å²) < 4.78 is 3.48. The predicted molar refractivity (Wildman–Crippen MR) is 149 cm³/mol. The smallest absolute Gasteiger partial charge is 0.132 e. The number of anilines is 3. The second-order valence-corrected chi connectivity index (χ2v) is 10.3. The third kappa shape index (κ3) is 6.30. The van der Waals surface area contributed by atoms with Crippen molar-refractivity contribution < 1.29 is 0 Å². The Bertz CT molecular complexity index is 1250. The Kier molecular flexibility index (Phi) is 7.79. The van der Waals surface area contributed by atoms with E-state index in [9.17, 15) is 0 Å². The van der Waals surface area contributed by atoms with Gasteiger partial charge in [-0.25, -0.2) is 4.98 Å². The highest BCUT2D eigenvalue weighted by Crippen LogP contribution is 2.24. The van der Waals surface area contributed by atoms with Gasteiger partial charge in [-0.2, -0.15) is 0 Å². The summed E-state index contributed by atoms with van der Waals surface area (Å²) in [7, 11) is 2.17. The maximum Gasteiger partial charge on any atom is 0.132 e. The van der Waals surface area contributed by atoms with Crippen LogP contribution in [0.2, 0.25) is 5.02 Å². The third-order valence-electron chi connectivity index (χ3n) is 6.33. The van der Waals surface area contributed by atoms with E-state index < -0.39 is 0 Å². The Morgan fingerprint density at radius 2 is 1.86 bits per heavy atom. The van der Waals surface area contributed by atoms with E-state index >= 15 is 0 Å². The highest BCUT2D eigenvalue weighted by molar-refractivity contribution is 7.97. The van der Waals surface area contributed by atoms with Gasteiger partial charge in [0.15, 0.2) is 0 Å². The van der Waals surface area contributed by atoms with Crippen molar-refractivity contribution in [2.75, 3.05) is 50.0 Å². The molecule has 1 fully saturated rings. The van der Waals surface area contributed by atoms with Gasteiger partial charge in [-0.1, -0.05) is 17.7 Å². The summed E-state index contributed by atoms with van der Waals surface area (Å²) in [5.74, 6) is 1.91. The second-order valence-electron chi connectivity index (χ2n) is 8.92. The van der Waals surface area contributed by atoms with E-state index in [1.807, 2.05) is 24.3 Å². The summed E-state index contributed by atoms with van der Waals surface area (Å²) in [5.41, 5.74) is 3.49. The lowest BCUT2D eigenvalue weighted by atomic mass is 10.1. The van der Waals surface area contributed by atoms with Crippen molar-refractivity contribution in [1.29, 1.82) is 0 Å². The van der Waals surface area contributed by atoms with Gasteiger partial charge in [0, 0.05) is 65.4 Å². The zero-order valence-corrected chi connectivity index (χ0v) is 21.5. The molecule has 0 unspecified atom stereocenters. The number of rotatable bonds is 9. The number of H-pyrrole nitrogens is 1. The number of hydrogen-bond acceptors (Lipinski definition) is 6. The first-order valence-electron chi connectivity index (χ1n) is 12.1. The van der Waals surface area contributed by atoms with Crippen LogP contribution in [-0.2, 0) is 6.42 Å². The lowest BCUT2D eigenvalue weighted by molar-refractivity contribution is 0.312. The van der Waals surface area contributed by atoms with Crippen molar-refractivity contribution in [2.24, 2.45) is 0 Å². The molecule has 0 aliphatic carbocycles. The molecule has 0 radical (unpaired) electrons. The Hall–Kier alpha value is -2.71. The van der Waals surface area contributed by atoms with Crippen LogP contribution in [0.25, 0.3) is 10.9 Å². The van der Waals surface area contributed by atoms with Crippen LogP contribution >= 0.6 is 23.5 Å². The summed E-state index contributed by atoms with van der Waals surface area (Å²) in [4.78, 5) is 14.0. The number of pyridine rings is 1. The molecular formula is C27H31ClN6S. The number of aromatic nitrogens is 2. The van der Waals surface area contributed by atoms with Gasteiger partial charge in [-0.15, -0.1) is 0 Å². The Balaban J connectivity index is 1.08. The fourth-order valence-electron chi connectivity index (χ4n) is 4.30. The minimum Gasteiger partial charge on any atom is -0.361 e. The van der Waals surface area contributed by atoms with Gasteiger partial charge < -0.3 is 20.1 Å². The van der Waals surface area contributed by atoms with Crippen LogP contribution in [0.3, 0.4) is 0 Å². The van der Waals surface area contributed by atoms with Gasteiger partial charge in [-0.05, 0) is 92.0 Å². The topological polar surface area (TPSA) is 59.2 Å². The van der Waals surface area contributed by atoms with Crippen LogP contribution in [0.1, 0.15) is 12.0 Å². The zero-order valence-electron chi connectivity index (χ0n) is 19.9. The molecule has 2 aromatic carbocycles. The first-order valence-corrected chi connectivity index (χ1v) is 13.3. The van der Waals surface area contributed by atoms with E-state index in [4.69, 9.17) is 16.6 Å². The van der Waals surface area contributed by atoms with Crippen LogP contribution in [-0.4, -0.2) is 54.6 Å². The van der Waals surface area contributed by atoms with Crippen LogP contribution in [0.5, 0.6) is 0 Å². The van der Waals surface area contributed by atoms with Crippen molar-refractivity contribution in [1.82, 2.24) is 19.6 Å². The monoisotopic (exact) mass is 506 g/mol. The van der Waals surface area contributed by atoms with Gasteiger partial charge in [-0.3, -0.25) is 4.72 Å². The number of nitrogens with zero attached hydrogens (tertiary/aromatic N) is 3. The quantitative estimate of drug-likeness (QED) is 0.193. The molecule has 0 amide bonds. The highest BCUT2D eigenvalue weighted by Gasteiger charge is 2.15. The van der Waals surface area contributed by atoms with Crippen molar-refractivity contribution in [3.63, 3.8) is 0 Å². The second kappa shape index (κ2) is 11.4. The molecule has 0 atom stereocenters. The molecule has 4 aromatic rings. The average molecular weight is 507 g/mol. The maximum absolute atomic E-state index is 6.16. The molecule has 0 spiro atoms. The number of hydrogen-bond donors (Lipinski definition) is 3. The summed E-state index contributed by atoms with van der Waals surface area (Å²) in [6.45, 7) is 5.11. The molecule has 6 nitrogen and oxygen atoms in total. The number of aromatic amines is 1. The first-order chi connectivity index (χ1) is 17.1. The number of piperazine rings is 1. The molecule has 182 valence electrons. The predicted octanol–water partition coefficient (Wildman–Crippen LogP) is 5.94. The maximum atomic E-state index is 6.16. The number of benzene rings is 2. The van der Waals surface area contributed by atoms with Crippen LogP contribution < -0.4 is 14.9 Å². The number of nitrogens with one attached hydrogen (secondary N) is 3. The van der Waals surface area contributed by atoms with Crippen LogP contribution in [0, 0.1) is 0 Å². The normalized spacial score (nSPS) is 14.5. The molecule has 35 heavy (non-hydrogen) atoms. The fraction of sp³-hybridized carbons (Fsp3) is 0.296. The van der Waals surface area contributed by atoms with E-state index in [1.54, 1.807) is 11.9 Å². The van der Waals surface area contributed by atoms with Crippen molar-refractivity contribution >= 4 is 51.8 Å². The Morgan fingerprint density at radius 1 is 1.03 bits per heavy atom. The Morgan fingerprint density at radius 3 is 2.69 bits per heavy atom. The minimum atomic E-state index is 0.781. The van der Waals surface area contributed by atoms with Gasteiger partial charge in [0.1, 0.15) is 11.6 Å². The molecular weight excluding hydrogens is 476 g/mol. The molecule has 0 bridgehead atoms. The fourth-order valence-corrected chi connectivity index (χ4v) is 5.16. The van der Waals surface area contributed by atoms with Gasteiger partial charge >= 0.3 is 0 Å². The molecule has 1 aliphatic heterocycles. The molecule has 2 aromatic heterocycles.